The zero-order valence-electron chi connectivity index (χ0n) is 9.68. The van der Waals surface area contributed by atoms with Gasteiger partial charge in [-0.3, -0.25) is 0 Å². The van der Waals surface area contributed by atoms with E-state index in [1.807, 2.05) is 24.3 Å². The molecule has 0 aliphatic heterocycles. The van der Waals surface area contributed by atoms with Crippen molar-refractivity contribution < 1.29 is 14.6 Å². The second-order valence-electron chi connectivity index (χ2n) is 3.70. The molecule has 0 bridgehead atoms. The van der Waals surface area contributed by atoms with Gasteiger partial charge in [-0.1, -0.05) is 35.9 Å². The summed E-state index contributed by atoms with van der Waals surface area (Å²) in [6.45, 7) is 0. The Hall–Kier alpha value is -2.00. The molecule has 4 heteroatoms. The van der Waals surface area contributed by atoms with Gasteiger partial charge < -0.3 is 9.84 Å². The van der Waals surface area contributed by atoms with Crippen LogP contribution in [0.1, 0.15) is 10.4 Å². The van der Waals surface area contributed by atoms with Gasteiger partial charge in [0.15, 0.2) is 0 Å². The molecule has 2 rings (SSSR count). The summed E-state index contributed by atoms with van der Waals surface area (Å²) in [5, 5.41) is 9.27. The Bertz CT molecular complexity index is 593. The van der Waals surface area contributed by atoms with Gasteiger partial charge >= 0.3 is 5.97 Å². The Morgan fingerprint density at radius 2 is 1.94 bits per heavy atom. The van der Waals surface area contributed by atoms with E-state index in [4.69, 9.17) is 21.4 Å². The number of carboxylic acid groups (broad SMARTS) is 1. The molecule has 0 aromatic heterocycles. The number of benzene rings is 2. The Morgan fingerprint density at radius 3 is 2.61 bits per heavy atom. The maximum atomic E-state index is 11.0. The summed E-state index contributed by atoms with van der Waals surface area (Å²) in [5.41, 5.74) is 1.67. The van der Waals surface area contributed by atoms with E-state index in [9.17, 15) is 4.79 Å². The fraction of sp³-hybridized carbons (Fsp3) is 0.0714. The van der Waals surface area contributed by atoms with Crippen molar-refractivity contribution in [2.24, 2.45) is 0 Å². The quantitative estimate of drug-likeness (QED) is 0.917. The molecule has 18 heavy (non-hydrogen) atoms. The number of para-hydroxylation sites is 1. The maximum absolute atomic E-state index is 11.0. The Morgan fingerprint density at radius 1 is 1.22 bits per heavy atom. The van der Waals surface area contributed by atoms with Gasteiger partial charge in [0.05, 0.1) is 17.7 Å². The maximum Gasteiger partial charge on any atom is 0.337 e. The summed E-state index contributed by atoms with van der Waals surface area (Å²) in [7, 11) is 1.58. The van der Waals surface area contributed by atoms with E-state index in [0.717, 1.165) is 11.1 Å². The van der Waals surface area contributed by atoms with Crippen molar-refractivity contribution in [2.75, 3.05) is 7.11 Å². The van der Waals surface area contributed by atoms with Crippen LogP contribution in [0.25, 0.3) is 11.1 Å². The van der Waals surface area contributed by atoms with E-state index < -0.39 is 5.97 Å². The minimum absolute atomic E-state index is 0.0834. The summed E-state index contributed by atoms with van der Waals surface area (Å²) in [6.07, 6.45) is 0. The molecule has 0 fully saturated rings. The van der Waals surface area contributed by atoms with Gasteiger partial charge in [0.1, 0.15) is 5.75 Å². The molecular weight excluding hydrogens is 252 g/mol. The van der Waals surface area contributed by atoms with Crippen molar-refractivity contribution in [1.82, 2.24) is 0 Å². The fourth-order valence-corrected chi connectivity index (χ4v) is 1.94. The number of ether oxygens (including phenoxy) is 1. The van der Waals surface area contributed by atoms with E-state index in [0.29, 0.717) is 5.75 Å². The van der Waals surface area contributed by atoms with Crippen molar-refractivity contribution >= 4 is 17.6 Å². The zero-order chi connectivity index (χ0) is 13.1. The van der Waals surface area contributed by atoms with Gasteiger partial charge in [-0.15, -0.1) is 0 Å². The average Bonchev–Trinajstić information content (AvgIpc) is 2.39. The van der Waals surface area contributed by atoms with Crippen molar-refractivity contribution in [1.29, 1.82) is 0 Å². The summed E-state index contributed by atoms with van der Waals surface area (Å²) in [4.78, 5) is 11.0. The molecule has 3 nitrogen and oxygen atoms in total. The van der Waals surface area contributed by atoms with Gasteiger partial charge in [-0.05, 0) is 23.8 Å². The first kappa shape index (κ1) is 12.5. The second-order valence-corrected chi connectivity index (χ2v) is 4.11. The largest absolute Gasteiger partial charge is 0.496 e. The number of aromatic carboxylic acids is 1. The number of methoxy groups -OCH3 is 1. The Balaban J connectivity index is 2.58. The minimum atomic E-state index is -1.04. The highest BCUT2D eigenvalue weighted by Crippen LogP contribution is 2.31. The van der Waals surface area contributed by atoms with Crippen molar-refractivity contribution in [3.05, 3.63) is 53.1 Å². The van der Waals surface area contributed by atoms with E-state index in [1.165, 1.54) is 0 Å². The van der Waals surface area contributed by atoms with Crippen LogP contribution in [-0.2, 0) is 0 Å². The van der Waals surface area contributed by atoms with Gasteiger partial charge in [0, 0.05) is 5.56 Å². The molecule has 1 N–H and O–H groups in total. The molecule has 0 aliphatic carbocycles. The fourth-order valence-electron chi connectivity index (χ4n) is 1.74. The zero-order valence-corrected chi connectivity index (χ0v) is 10.4. The average molecular weight is 263 g/mol. The van der Waals surface area contributed by atoms with E-state index in [1.54, 1.807) is 25.3 Å². The standard InChI is InChI=1S/C14H11ClO3/c1-18-13-5-3-2-4-10(13)9-6-7-12(15)11(8-9)14(16)17/h2-8H,1H3,(H,16,17). The van der Waals surface area contributed by atoms with E-state index >= 15 is 0 Å². The number of hydrogen-bond donors (Lipinski definition) is 1. The van der Waals surface area contributed by atoms with Crippen LogP contribution in [0.4, 0.5) is 0 Å². The van der Waals surface area contributed by atoms with Crippen molar-refractivity contribution in [3.8, 4) is 16.9 Å². The molecule has 0 spiro atoms. The summed E-state index contributed by atoms with van der Waals surface area (Å²) in [5.74, 6) is -0.354. The predicted octanol–water partition coefficient (Wildman–Crippen LogP) is 3.71. The Labute approximate surface area is 110 Å². The highest BCUT2D eigenvalue weighted by atomic mass is 35.5. The summed E-state index contributed by atoms with van der Waals surface area (Å²) in [6, 6.07) is 12.3. The summed E-state index contributed by atoms with van der Waals surface area (Å²) < 4.78 is 5.25. The first-order valence-corrected chi connectivity index (χ1v) is 5.67. The minimum Gasteiger partial charge on any atom is -0.496 e. The number of carboxylic acids is 1. The topological polar surface area (TPSA) is 46.5 Å². The smallest absolute Gasteiger partial charge is 0.337 e. The van der Waals surface area contributed by atoms with Crippen LogP contribution in [0.5, 0.6) is 5.75 Å². The molecular formula is C14H11ClO3. The van der Waals surface area contributed by atoms with Gasteiger partial charge in [0.25, 0.3) is 0 Å². The molecule has 2 aromatic carbocycles. The number of halogens is 1. The first-order chi connectivity index (χ1) is 8.63. The van der Waals surface area contributed by atoms with Crippen molar-refractivity contribution in [3.63, 3.8) is 0 Å². The molecule has 0 saturated carbocycles. The lowest BCUT2D eigenvalue weighted by molar-refractivity contribution is 0.0697. The molecule has 2 aromatic rings. The normalized spacial score (nSPS) is 10.1. The molecule has 0 amide bonds. The second kappa shape index (κ2) is 5.10. The lowest BCUT2D eigenvalue weighted by Gasteiger charge is -2.09. The van der Waals surface area contributed by atoms with Gasteiger partial charge in [0.2, 0.25) is 0 Å². The molecule has 0 radical (unpaired) electrons. The third-order valence-corrected chi connectivity index (χ3v) is 2.94. The van der Waals surface area contributed by atoms with Crippen LogP contribution in [0.2, 0.25) is 5.02 Å². The number of rotatable bonds is 3. The monoisotopic (exact) mass is 262 g/mol. The number of hydrogen-bond acceptors (Lipinski definition) is 2. The molecule has 0 saturated heterocycles. The molecule has 0 aliphatic rings. The highest BCUT2D eigenvalue weighted by Gasteiger charge is 2.12. The van der Waals surface area contributed by atoms with Crippen LogP contribution in [0.3, 0.4) is 0 Å². The van der Waals surface area contributed by atoms with Crippen LogP contribution in [0, 0.1) is 0 Å². The lowest BCUT2D eigenvalue weighted by atomic mass is 10.0. The molecule has 92 valence electrons. The van der Waals surface area contributed by atoms with E-state index in [2.05, 4.69) is 0 Å². The SMILES string of the molecule is COc1ccccc1-c1ccc(Cl)c(C(=O)O)c1. The molecule has 0 unspecified atom stereocenters. The van der Waals surface area contributed by atoms with Gasteiger partial charge in [-0.25, -0.2) is 4.79 Å². The Kier molecular flexibility index (Phi) is 3.53. The third kappa shape index (κ3) is 2.31. The third-order valence-electron chi connectivity index (χ3n) is 2.61. The van der Waals surface area contributed by atoms with Crippen LogP contribution in [0.15, 0.2) is 42.5 Å². The van der Waals surface area contributed by atoms with Crippen LogP contribution < -0.4 is 4.74 Å². The number of carbonyl (C=O) groups is 1. The molecule has 0 heterocycles. The lowest BCUT2D eigenvalue weighted by Crippen LogP contribution is -1.98. The van der Waals surface area contributed by atoms with Crippen LogP contribution >= 0.6 is 11.6 Å². The van der Waals surface area contributed by atoms with Crippen LogP contribution in [-0.4, -0.2) is 18.2 Å². The molecule has 0 atom stereocenters. The first-order valence-electron chi connectivity index (χ1n) is 5.29. The highest BCUT2D eigenvalue weighted by molar-refractivity contribution is 6.33. The van der Waals surface area contributed by atoms with E-state index in [-0.39, 0.29) is 10.6 Å². The van der Waals surface area contributed by atoms with Gasteiger partial charge in [-0.2, -0.15) is 0 Å². The van der Waals surface area contributed by atoms with Crippen molar-refractivity contribution in [2.45, 2.75) is 0 Å². The predicted molar refractivity (Wildman–Crippen MR) is 70.4 cm³/mol. The summed E-state index contributed by atoms with van der Waals surface area (Å²) >= 11 is 5.84.